The van der Waals surface area contributed by atoms with Gasteiger partial charge in [-0.05, 0) is 130 Å². The van der Waals surface area contributed by atoms with Gasteiger partial charge in [-0.1, -0.05) is 56.3 Å². The van der Waals surface area contributed by atoms with Crippen LogP contribution >= 0.6 is 0 Å². The number of benzene rings is 2. The van der Waals surface area contributed by atoms with Crippen LogP contribution < -0.4 is 59.6 Å². The number of nitrogens with one attached hydrogen (secondary N) is 6. The Hall–Kier alpha value is -7.26. The Morgan fingerprint density at radius 1 is 0.705 bits per heavy atom. The summed E-state index contributed by atoms with van der Waals surface area (Å²) in [5, 5.41) is 16.6. The van der Waals surface area contributed by atoms with Crippen molar-refractivity contribution in [1.29, 1.82) is 0 Å². The van der Waals surface area contributed by atoms with Crippen molar-refractivity contribution in [3.05, 3.63) is 65.7 Å². The van der Waals surface area contributed by atoms with Crippen molar-refractivity contribution in [3.63, 3.8) is 0 Å². The van der Waals surface area contributed by atoms with Crippen LogP contribution in [-0.4, -0.2) is 127 Å². The topological polar surface area (TPSA) is 355 Å². The van der Waals surface area contributed by atoms with Gasteiger partial charge in [0.05, 0.1) is 13.0 Å². The van der Waals surface area contributed by atoms with E-state index in [2.05, 4.69) is 36.9 Å². The molecule has 426 valence electrons. The second kappa shape index (κ2) is 28.4. The van der Waals surface area contributed by atoms with Crippen LogP contribution in [0.25, 0.3) is 0 Å². The molecular weight excluding hydrogens is 1000 g/mol. The molecule has 0 unspecified atom stereocenters. The summed E-state index contributed by atoms with van der Waals surface area (Å²) in [4.78, 5) is 127. The zero-order valence-corrected chi connectivity index (χ0v) is 45.4. The van der Waals surface area contributed by atoms with Gasteiger partial charge in [0.1, 0.15) is 42.0 Å². The third kappa shape index (κ3) is 17.6. The number of primary amides is 2. The smallest absolute Gasteiger partial charge is 0.243 e. The predicted octanol–water partition coefficient (Wildman–Crippen LogP) is 0.859. The molecule has 1 heterocycles. The molecule has 0 radical (unpaired) electrons. The quantitative estimate of drug-likeness (QED) is 0.0296. The molecule has 0 spiro atoms. The number of rotatable bonds is 30. The van der Waals surface area contributed by atoms with Crippen LogP contribution in [0, 0.1) is 29.1 Å². The molecule has 7 rings (SSSR count). The lowest BCUT2D eigenvalue weighted by Gasteiger charge is -2.56. The number of hydrogen-bond acceptors (Lipinski definition) is 11. The molecule has 78 heavy (non-hydrogen) atoms. The predicted molar refractivity (Wildman–Crippen MR) is 291 cm³/mol. The van der Waals surface area contributed by atoms with E-state index in [1.54, 1.807) is 50.2 Å². The first-order chi connectivity index (χ1) is 37.2. The van der Waals surface area contributed by atoms with E-state index in [9.17, 15) is 43.2 Å². The Morgan fingerprint density at radius 3 is 1.90 bits per heavy atom. The normalized spacial score (nSPS) is 21.9. The van der Waals surface area contributed by atoms with Gasteiger partial charge in [-0.3, -0.25) is 48.1 Å². The minimum atomic E-state index is -1.46. The lowest BCUT2D eigenvalue weighted by Crippen LogP contribution is -2.60. The molecule has 2 aromatic carbocycles. The first-order valence-electron chi connectivity index (χ1n) is 27.7. The fraction of sp³-hybridized carbons (Fsp3) is 0.607. The number of carbonyl (C=O) groups is 9. The minimum absolute atomic E-state index is 0.0290. The maximum Gasteiger partial charge on any atom is 0.243 e. The molecule has 9 amide bonds. The second-order valence-corrected chi connectivity index (χ2v) is 22.3. The van der Waals surface area contributed by atoms with Crippen molar-refractivity contribution in [1.82, 2.24) is 36.8 Å². The number of likely N-dealkylation sites (tertiary alicyclic amines) is 1. The monoisotopic (exact) mass is 1080 g/mol. The Kier molecular flexibility index (Phi) is 21.8. The standard InChI is InChI=1S/C56H82N12O10/c1-4-78-39-18-16-35(17-19-39)27-41(63-46(70)32-56-29-36-23-37(30-56)25-38(24-36)31-56)51(74)65-42(26-34-11-6-5-7-12-34)52(75)67-48(33(2)3)54(77)66-43(28-45(57)69)50(73)61-20-9-15-47(71)68-22-10-14-44(68)53(76)64-40(49(58)72)13-8-21-62-55(59)60/h5-7,11-12,16-19,33,36-38,40-44,48H,4,8-10,13-15,20-32H2,1-3H3,(H2,57,69)(H2,58,72)(H,61,73)(H,63,70)(H,64,76)(H,65,74)(H,66,77)(H,67,75)(H4,59,60,62)/t36?,37?,38?,40-,41+,42-,43-,44+,48-,56?/m0/s1. The van der Waals surface area contributed by atoms with Gasteiger partial charge in [0.15, 0.2) is 5.96 Å². The van der Waals surface area contributed by atoms with Crippen LogP contribution in [0.1, 0.15) is 122 Å². The Morgan fingerprint density at radius 2 is 1.31 bits per heavy atom. The molecule has 4 aliphatic carbocycles. The number of guanidine groups is 1. The number of nitrogens with two attached hydrogens (primary N) is 4. The summed E-state index contributed by atoms with van der Waals surface area (Å²) >= 11 is 0. The van der Waals surface area contributed by atoms with Crippen LogP contribution in [0.3, 0.4) is 0 Å². The summed E-state index contributed by atoms with van der Waals surface area (Å²) in [7, 11) is 0. The number of nitrogens with zero attached hydrogens (tertiary/aromatic N) is 2. The van der Waals surface area contributed by atoms with E-state index in [-0.39, 0.29) is 68.4 Å². The van der Waals surface area contributed by atoms with E-state index in [1.165, 1.54) is 24.2 Å². The van der Waals surface area contributed by atoms with Gasteiger partial charge in [0.2, 0.25) is 53.2 Å². The summed E-state index contributed by atoms with van der Waals surface area (Å²) < 4.78 is 5.64. The average molecular weight is 1080 g/mol. The zero-order valence-electron chi connectivity index (χ0n) is 45.4. The van der Waals surface area contributed by atoms with E-state index in [0.717, 1.165) is 24.8 Å². The number of amides is 9. The molecule has 5 aliphatic rings. The minimum Gasteiger partial charge on any atom is -0.494 e. The molecule has 6 atom stereocenters. The average Bonchev–Trinajstić information content (AvgIpc) is 3.99. The van der Waals surface area contributed by atoms with Crippen LogP contribution in [0.4, 0.5) is 0 Å². The largest absolute Gasteiger partial charge is 0.494 e. The van der Waals surface area contributed by atoms with Gasteiger partial charge < -0.3 is 64.5 Å². The molecular formula is C56H82N12O10. The molecule has 0 aromatic heterocycles. The van der Waals surface area contributed by atoms with E-state index < -0.39 is 89.9 Å². The summed E-state index contributed by atoms with van der Waals surface area (Å²) in [6.45, 7) is 6.22. The van der Waals surface area contributed by atoms with E-state index in [1.807, 2.05) is 25.1 Å². The SMILES string of the molecule is CCOc1ccc(C[C@@H](NC(=O)CC23CC4CC(CC(C4)C2)C3)C(=O)N[C@@H](Cc2ccccc2)C(=O)N[C@H](C(=O)N[C@@H](CC(N)=O)C(=O)NCCCC(=O)N2CCC[C@@H]2C(=O)N[C@@H](CCCN=C(N)N)C(N)=O)C(C)C)cc1. The van der Waals surface area contributed by atoms with Gasteiger partial charge in [-0.15, -0.1) is 0 Å². The van der Waals surface area contributed by atoms with Crippen molar-refractivity contribution >= 4 is 59.1 Å². The molecule has 4 saturated carbocycles. The van der Waals surface area contributed by atoms with Crippen LogP contribution in [-0.2, 0) is 56.0 Å². The highest BCUT2D eigenvalue weighted by molar-refractivity contribution is 5.97. The number of hydrogen-bond donors (Lipinski definition) is 10. The summed E-state index contributed by atoms with van der Waals surface area (Å²) in [5.74, 6) is -3.68. The van der Waals surface area contributed by atoms with Gasteiger partial charge in [0.25, 0.3) is 0 Å². The van der Waals surface area contributed by atoms with E-state index >= 15 is 0 Å². The highest BCUT2D eigenvalue weighted by atomic mass is 16.5. The third-order valence-corrected chi connectivity index (χ3v) is 15.6. The van der Waals surface area contributed by atoms with E-state index in [0.29, 0.717) is 67.9 Å². The molecule has 22 heteroatoms. The Balaban J connectivity index is 1.08. The summed E-state index contributed by atoms with van der Waals surface area (Å²) in [6.07, 6.45) is 8.18. The maximum absolute atomic E-state index is 14.6. The molecule has 14 N–H and O–H groups in total. The first kappa shape index (κ1) is 60.0. The van der Waals surface area contributed by atoms with E-state index in [4.69, 9.17) is 27.7 Å². The number of carbonyl (C=O) groups excluding carboxylic acids is 9. The summed E-state index contributed by atoms with van der Waals surface area (Å²) in [6, 6.07) is 9.48. The Bertz CT molecular complexity index is 2430. The first-order valence-corrected chi connectivity index (χ1v) is 27.7. The van der Waals surface area contributed by atoms with Gasteiger partial charge >= 0.3 is 0 Å². The molecule has 5 fully saturated rings. The van der Waals surface area contributed by atoms with Crippen molar-refractivity contribution in [2.75, 3.05) is 26.2 Å². The molecule has 2 aromatic rings. The molecule has 22 nitrogen and oxygen atoms in total. The lowest BCUT2D eigenvalue weighted by atomic mass is 9.49. The van der Waals surface area contributed by atoms with Crippen molar-refractivity contribution < 1.29 is 47.9 Å². The van der Waals surface area contributed by atoms with Crippen molar-refractivity contribution in [2.45, 2.75) is 160 Å². The second-order valence-electron chi connectivity index (χ2n) is 22.3. The highest BCUT2D eigenvalue weighted by Gasteiger charge is 2.51. The fourth-order valence-electron chi connectivity index (χ4n) is 12.3. The molecule has 1 saturated heterocycles. The fourth-order valence-corrected chi connectivity index (χ4v) is 12.3. The van der Waals surface area contributed by atoms with Crippen LogP contribution in [0.5, 0.6) is 5.75 Å². The van der Waals surface area contributed by atoms with Crippen LogP contribution in [0.15, 0.2) is 59.6 Å². The van der Waals surface area contributed by atoms with Crippen molar-refractivity contribution in [3.8, 4) is 5.75 Å². The summed E-state index contributed by atoms with van der Waals surface area (Å²) in [5.41, 5.74) is 23.2. The molecule has 4 bridgehead atoms. The highest BCUT2D eigenvalue weighted by Crippen LogP contribution is 2.61. The van der Waals surface area contributed by atoms with Gasteiger partial charge in [-0.2, -0.15) is 0 Å². The zero-order chi connectivity index (χ0) is 56.5. The maximum atomic E-state index is 14.6. The van der Waals surface area contributed by atoms with Crippen LogP contribution in [0.2, 0.25) is 0 Å². The molecule has 1 aliphatic heterocycles. The third-order valence-electron chi connectivity index (χ3n) is 15.6. The number of aliphatic imine (C=N–C) groups is 1. The van der Waals surface area contributed by atoms with Gasteiger partial charge in [-0.25, -0.2) is 0 Å². The Labute approximate surface area is 456 Å². The number of ether oxygens (including phenoxy) is 1. The van der Waals surface area contributed by atoms with Crippen molar-refractivity contribution in [2.24, 2.45) is 57.0 Å². The van der Waals surface area contributed by atoms with Gasteiger partial charge in [0, 0.05) is 45.3 Å². The lowest BCUT2D eigenvalue weighted by molar-refractivity contribution is -0.139.